The summed E-state index contributed by atoms with van der Waals surface area (Å²) in [6.07, 6.45) is -13.3. The fourth-order valence-corrected chi connectivity index (χ4v) is 11.8. The standard InChI is InChI=1S/C60H50O21/c61-26-5-7-28-43(17-26)78-57(23-2-10-34(64)39(69)14-23)53(75)46(28)30-19-31-45(21-37(30)67)80-59(25-4-12-36(66)41(71)16-25)55(77)48(31)50-52(74)49(51(73)32-20-42(72)56(81-60(32)50)22-1-9-33(63)38(68)13-22)47-29-8-6-27(62)18-44(29)79-58(54(47)76)24-3-11-35(65)40(70)15-24/h1-19,21,42,46-48,53-59,61-77H,20H2/t42-,46-,47-,48-,53+,54+,55+,56-,57-,58-,59-/m0/s1. The van der Waals surface area contributed by atoms with E-state index >= 15 is 0 Å². The van der Waals surface area contributed by atoms with Crippen LogP contribution in [0.1, 0.15) is 103 Å². The Labute approximate surface area is 457 Å². The van der Waals surface area contributed by atoms with Crippen LogP contribution in [0.3, 0.4) is 0 Å². The van der Waals surface area contributed by atoms with Crippen LogP contribution in [0, 0.1) is 0 Å². The number of fused-ring (bicyclic) bond motifs is 4. The summed E-state index contributed by atoms with van der Waals surface area (Å²) < 4.78 is 25.7. The number of aromatic hydroxyl groups is 13. The Balaban J connectivity index is 1.13. The highest BCUT2D eigenvalue weighted by molar-refractivity contribution is 5.71. The van der Waals surface area contributed by atoms with Crippen LogP contribution in [0.4, 0.5) is 0 Å². The minimum atomic E-state index is -1.94. The van der Waals surface area contributed by atoms with Gasteiger partial charge in [-0.1, -0.05) is 36.4 Å². The lowest BCUT2D eigenvalue weighted by molar-refractivity contribution is -0.000202. The molecule has 11 atom stereocenters. The van der Waals surface area contributed by atoms with Gasteiger partial charge < -0.3 is 106 Å². The van der Waals surface area contributed by atoms with Crippen LogP contribution >= 0.6 is 0 Å². The average molecular weight is 1110 g/mol. The molecule has 0 aromatic heterocycles. The zero-order valence-corrected chi connectivity index (χ0v) is 41.8. The minimum absolute atomic E-state index is 0.0256. The maximum atomic E-state index is 13.5. The first-order chi connectivity index (χ1) is 38.7. The average Bonchev–Trinajstić information content (AvgIpc) is 3.52. The summed E-state index contributed by atoms with van der Waals surface area (Å²) in [5.41, 5.74) is -0.427. The van der Waals surface area contributed by atoms with Gasteiger partial charge in [0.15, 0.2) is 64.3 Å². The Morgan fingerprint density at radius 2 is 0.704 bits per heavy atom. The van der Waals surface area contributed by atoms with E-state index in [4.69, 9.17) is 18.9 Å². The molecule has 4 aliphatic heterocycles. The van der Waals surface area contributed by atoms with Crippen molar-refractivity contribution in [2.45, 2.75) is 73.0 Å². The van der Waals surface area contributed by atoms with Crippen molar-refractivity contribution in [1.29, 1.82) is 0 Å². The van der Waals surface area contributed by atoms with E-state index in [2.05, 4.69) is 0 Å². The zero-order valence-electron chi connectivity index (χ0n) is 41.8. The molecule has 0 aliphatic carbocycles. The summed E-state index contributed by atoms with van der Waals surface area (Å²) in [5, 5.41) is 194. The molecule has 81 heavy (non-hydrogen) atoms. The normalized spacial score (nSPS) is 24.4. The van der Waals surface area contributed by atoms with E-state index in [1.54, 1.807) is 0 Å². The number of aliphatic hydroxyl groups is 4. The third-order valence-electron chi connectivity index (χ3n) is 15.7. The Morgan fingerprint density at radius 1 is 0.309 bits per heavy atom. The van der Waals surface area contributed by atoms with Crippen molar-refractivity contribution in [3.63, 3.8) is 0 Å². The summed E-state index contributed by atoms with van der Waals surface area (Å²) in [6.45, 7) is 0. The molecule has 12 rings (SSSR count). The van der Waals surface area contributed by atoms with Gasteiger partial charge in [-0.05, 0) is 89.0 Å². The lowest BCUT2D eigenvalue weighted by atomic mass is 9.72. The number of benzene rings is 8. The smallest absolute Gasteiger partial charge is 0.157 e. The van der Waals surface area contributed by atoms with Crippen LogP contribution < -0.4 is 18.9 Å². The van der Waals surface area contributed by atoms with Crippen LogP contribution in [-0.4, -0.2) is 111 Å². The van der Waals surface area contributed by atoms with Crippen molar-refractivity contribution in [1.82, 2.24) is 0 Å². The molecule has 8 aromatic carbocycles. The topological polar surface area (TPSA) is 381 Å². The monoisotopic (exact) mass is 1110 g/mol. The van der Waals surface area contributed by atoms with Crippen LogP contribution in [0.2, 0.25) is 0 Å². The van der Waals surface area contributed by atoms with Crippen molar-refractivity contribution < 1.29 is 106 Å². The molecule has 8 aromatic rings. The summed E-state index contributed by atoms with van der Waals surface area (Å²) >= 11 is 0. The molecule has 4 heterocycles. The van der Waals surface area contributed by atoms with Crippen LogP contribution in [-0.2, 0) is 6.42 Å². The molecule has 0 saturated heterocycles. The number of aliphatic hydroxyl groups excluding tert-OH is 4. The highest BCUT2D eigenvalue weighted by atomic mass is 16.5. The first-order valence-electron chi connectivity index (χ1n) is 25.3. The van der Waals surface area contributed by atoms with Gasteiger partial charge in [0.2, 0.25) is 0 Å². The number of phenols is 13. The first-order valence-corrected chi connectivity index (χ1v) is 25.3. The Kier molecular flexibility index (Phi) is 12.3. The first kappa shape index (κ1) is 51.9. The van der Waals surface area contributed by atoms with Crippen molar-refractivity contribution in [3.8, 4) is 97.7 Å². The predicted octanol–water partition coefficient (Wildman–Crippen LogP) is 6.78. The second-order valence-electron chi connectivity index (χ2n) is 20.5. The molecular formula is C60H50O21. The summed E-state index contributed by atoms with van der Waals surface area (Å²) in [7, 11) is 0. The zero-order chi connectivity index (χ0) is 57.2. The van der Waals surface area contributed by atoms with E-state index in [0.29, 0.717) is 0 Å². The molecule has 21 nitrogen and oxygen atoms in total. The molecule has 0 saturated carbocycles. The predicted molar refractivity (Wildman–Crippen MR) is 280 cm³/mol. The second kappa shape index (κ2) is 19.2. The molecule has 0 amide bonds. The summed E-state index contributed by atoms with van der Waals surface area (Å²) in [4.78, 5) is 0. The van der Waals surface area contributed by atoms with E-state index in [9.17, 15) is 86.8 Å². The Hall–Kier alpha value is -9.80. The van der Waals surface area contributed by atoms with Crippen molar-refractivity contribution >= 4 is 0 Å². The molecule has 4 aliphatic rings. The van der Waals surface area contributed by atoms with Crippen LogP contribution in [0.25, 0.3) is 0 Å². The Bertz CT molecular complexity index is 3860. The number of ether oxygens (including phenoxy) is 4. The fraction of sp³-hybridized carbons (Fsp3) is 0.200. The Morgan fingerprint density at radius 3 is 1.15 bits per heavy atom. The van der Waals surface area contributed by atoms with Gasteiger partial charge in [0, 0.05) is 81.3 Å². The van der Waals surface area contributed by atoms with E-state index in [0.717, 1.165) is 42.5 Å². The molecule has 0 bridgehead atoms. The molecule has 17 N–H and O–H groups in total. The highest BCUT2D eigenvalue weighted by Crippen LogP contribution is 2.62. The quantitative estimate of drug-likeness (QED) is 0.0731. The van der Waals surface area contributed by atoms with Gasteiger partial charge in [0.05, 0.1) is 6.10 Å². The largest absolute Gasteiger partial charge is 0.508 e. The van der Waals surface area contributed by atoms with E-state index in [1.165, 1.54) is 78.9 Å². The fourth-order valence-electron chi connectivity index (χ4n) is 11.8. The van der Waals surface area contributed by atoms with Crippen molar-refractivity contribution in [2.24, 2.45) is 0 Å². The summed E-state index contributed by atoms with van der Waals surface area (Å²) in [5.74, 6) is -12.2. The highest BCUT2D eigenvalue weighted by Gasteiger charge is 2.51. The third-order valence-corrected chi connectivity index (χ3v) is 15.7. The molecule has 0 unspecified atom stereocenters. The molecule has 21 heteroatoms. The lowest BCUT2D eigenvalue weighted by Gasteiger charge is -2.43. The van der Waals surface area contributed by atoms with Crippen LogP contribution in [0.15, 0.2) is 121 Å². The van der Waals surface area contributed by atoms with Gasteiger partial charge >= 0.3 is 0 Å². The van der Waals surface area contributed by atoms with Gasteiger partial charge in [-0.25, -0.2) is 0 Å². The number of phenolic OH excluding ortho intramolecular Hbond substituents is 13. The number of hydrogen-bond acceptors (Lipinski definition) is 21. The van der Waals surface area contributed by atoms with Gasteiger partial charge in [0.25, 0.3) is 0 Å². The SMILES string of the molecule is Oc1ccc2c(c1)O[C@@H](c1ccc(O)c(O)c1)[C@H](O)[C@@H]2c1cc2c(cc1O)O[C@@H](c1ccc(O)c(O)c1)[C@H](O)[C@@H]2c1c(O)c([C@@H]2c3ccc(O)cc3O[C@@H](c3ccc(O)c(O)c3)[C@@H]2O)c(O)c2c1O[C@@H](c1ccc(O)c(O)c1)[C@@H](O)C2. The van der Waals surface area contributed by atoms with Gasteiger partial charge in [-0.2, -0.15) is 0 Å². The molecule has 0 radical (unpaired) electrons. The maximum absolute atomic E-state index is 13.5. The molecule has 416 valence electrons. The second-order valence-corrected chi connectivity index (χ2v) is 20.5. The minimum Gasteiger partial charge on any atom is -0.508 e. The van der Waals surface area contributed by atoms with Crippen LogP contribution in [0.5, 0.6) is 97.7 Å². The van der Waals surface area contributed by atoms with Gasteiger partial charge in [-0.15, -0.1) is 0 Å². The summed E-state index contributed by atoms with van der Waals surface area (Å²) in [6, 6.07) is 24.9. The molecular weight excluding hydrogens is 1060 g/mol. The molecule has 0 spiro atoms. The van der Waals surface area contributed by atoms with E-state index in [1.807, 2.05) is 0 Å². The van der Waals surface area contributed by atoms with Crippen molar-refractivity contribution in [3.05, 3.63) is 183 Å². The van der Waals surface area contributed by atoms with Crippen molar-refractivity contribution in [2.75, 3.05) is 0 Å². The third kappa shape index (κ3) is 8.48. The van der Waals surface area contributed by atoms with E-state index in [-0.39, 0.29) is 90.1 Å². The van der Waals surface area contributed by atoms with Gasteiger partial charge in [0.1, 0.15) is 76.2 Å². The lowest BCUT2D eigenvalue weighted by Crippen LogP contribution is -2.38. The number of hydrogen-bond donors (Lipinski definition) is 17. The number of rotatable bonds is 7. The maximum Gasteiger partial charge on any atom is 0.157 e. The van der Waals surface area contributed by atoms with E-state index < -0.39 is 142 Å². The van der Waals surface area contributed by atoms with Gasteiger partial charge in [-0.3, -0.25) is 0 Å². The molecule has 0 fully saturated rings.